The zero-order chi connectivity index (χ0) is 11.1. The van der Waals surface area contributed by atoms with Crippen molar-refractivity contribution in [2.45, 2.75) is 20.3 Å². The van der Waals surface area contributed by atoms with Gasteiger partial charge in [0, 0.05) is 23.0 Å². The molecule has 0 amide bonds. The molecule has 0 bridgehead atoms. The number of carbonyl (C=O) groups is 1. The van der Waals surface area contributed by atoms with Gasteiger partial charge >= 0.3 is 0 Å². The van der Waals surface area contributed by atoms with Crippen molar-refractivity contribution in [2.24, 2.45) is 0 Å². The Kier molecular flexibility index (Phi) is 9.35. The molecule has 2 heteroatoms. The number of Topliss-reactive ketones (excluding diaryl/α,β-unsaturated/α-hetero) is 1. The smallest absolute Gasteiger partial charge is 0.137 e. The molecule has 2 fully saturated rings. The van der Waals surface area contributed by atoms with Crippen molar-refractivity contribution in [3.63, 3.8) is 0 Å². The van der Waals surface area contributed by atoms with Crippen LogP contribution in [0.2, 0.25) is 0 Å². The van der Waals surface area contributed by atoms with Crippen molar-refractivity contribution < 1.29 is 21.9 Å². The van der Waals surface area contributed by atoms with E-state index in [9.17, 15) is 4.79 Å². The second-order valence-electron chi connectivity index (χ2n) is 3.38. The molecule has 10 radical (unpaired) electrons. The molecule has 2 rings (SSSR count). The molecule has 0 N–H and O–H groups in total. The summed E-state index contributed by atoms with van der Waals surface area (Å²) >= 11 is 0. The Hall–Kier alpha value is 0.189. The Morgan fingerprint density at radius 3 is 1.69 bits per heavy atom. The Balaban J connectivity index is 0.000000267. The maximum atomic E-state index is 10.5. The fourth-order valence-corrected chi connectivity index (χ4v) is 1.26. The van der Waals surface area contributed by atoms with Gasteiger partial charge in [0.05, 0.1) is 0 Å². The van der Waals surface area contributed by atoms with Gasteiger partial charge in [-0.3, -0.25) is 4.79 Å². The summed E-state index contributed by atoms with van der Waals surface area (Å²) in [4.78, 5) is 10.5. The molecule has 2 saturated carbocycles. The van der Waals surface area contributed by atoms with Gasteiger partial charge in [-0.1, -0.05) is 6.92 Å². The Morgan fingerprint density at radius 1 is 1.00 bits per heavy atom. The summed E-state index contributed by atoms with van der Waals surface area (Å²) < 4.78 is 0. The van der Waals surface area contributed by atoms with Gasteiger partial charge in [-0.25, -0.2) is 0 Å². The van der Waals surface area contributed by atoms with Crippen molar-refractivity contribution >= 4 is 5.78 Å². The van der Waals surface area contributed by atoms with Crippen molar-refractivity contribution in [1.29, 1.82) is 0 Å². The maximum absolute atomic E-state index is 10.5. The number of carbonyl (C=O) groups excluding carboxylic acids is 1. The van der Waals surface area contributed by atoms with Crippen molar-refractivity contribution in [3.8, 4) is 0 Å². The summed E-state index contributed by atoms with van der Waals surface area (Å²) in [6.45, 7) is 3.73. The van der Waals surface area contributed by atoms with Gasteiger partial charge in [0.15, 0.2) is 0 Å². The molecule has 1 nitrogen and oxygen atoms in total. The van der Waals surface area contributed by atoms with Gasteiger partial charge in [-0.05, 0) is 70.6 Å². The molecule has 16 heavy (non-hydrogen) atoms. The third kappa shape index (κ3) is 6.06. The van der Waals surface area contributed by atoms with Gasteiger partial charge in [-0.2, -0.15) is 0 Å². The number of hydrogen-bond acceptors (Lipinski definition) is 1. The topological polar surface area (TPSA) is 17.1 Å². The molecule has 0 heterocycles. The summed E-state index contributed by atoms with van der Waals surface area (Å²) in [7, 11) is 0. The predicted octanol–water partition coefficient (Wildman–Crippen LogP) is 2.78. The average molecular weight is 256 g/mol. The third-order valence-corrected chi connectivity index (χ3v) is 2.21. The Labute approximate surface area is 111 Å². The largest absolute Gasteiger partial charge is 0.299 e. The minimum atomic E-state index is 0. The van der Waals surface area contributed by atoms with Crippen molar-refractivity contribution in [2.75, 3.05) is 0 Å². The van der Waals surface area contributed by atoms with Crippen LogP contribution in [0.25, 0.3) is 0 Å². The van der Waals surface area contributed by atoms with Gasteiger partial charge in [0.25, 0.3) is 0 Å². The first-order chi connectivity index (χ1) is 7.24. The Morgan fingerprint density at radius 2 is 1.44 bits per heavy atom. The van der Waals surface area contributed by atoms with Crippen LogP contribution in [0.3, 0.4) is 0 Å². The van der Waals surface area contributed by atoms with Crippen LogP contribution in [0, 0.1) is 63.2 Å². The molecule has 0 aliphatic heterocycles. The van der Waals surface area contributed by atoms with Crippen LogP contribution in [0.1, 0.15) is 20.3 Å². The molecule has 86 valence electrons. The van der Waals surface area contributed by atoms with Crippen LogP contribution < -0.4 is 0 Å². The van der Waals surface area contributed by atoms with Gasteiger partial charge in [0.1, 0.15) is 5.78 Å². The predicted molar refractivity (Wildman–Crippen MR) is 61.9 cm³/mol. The molecule has 0 unspecified atom stereocenters. The molecule has 0 spiro atoms. The van der Waals surface area contributed by atoms with Crippen LogP contribution in [0.5, 0.6) is 0 Å². The Bertz CT molecular complexity index is 179. The van der Waals surface area contributed by atoms with E-state index in [0.717, 1.165) is 12.3 Å². The van der Waals surface area contributed by atoms with E-state index in [2.05, 4.69) is 32.6 Å². The second kappa shape index (κ2) is 9.24. The fourth-order valence-electron chi connectivity index (χ4n) is 1.26. The summed E-state index contributed by atoms with van der Waals surface area (Å²) in [6, 6.07) is 0. The average Bonchev–Trinajstić information content (AvgIpc) is 2.92. The van der Waals surface area contributed by atoms with E-state index in [1.165, 1.54) is 5.92 Å². The van der Waals surface area contributed by atoms with E-state index in [-0.39, 0.29) is 22.9 Å². The van der Waals surface area contributed by atoms with Crippen LogP contribution in [-0.4, -0.2) is 5.78 Å². The van der Waals surface area contributed by atoms with E-state index < -0.39 is 0 Å². The summed E-state index contributed by atoms with van der Waals surface area (Å²) in [5.41, 5.74) is 0. The fraction of sp³-hybridized carbons (Fsp3) is 0.214. The first kappa shape index (κ1) is 16.2. The molecular weight excluding hydrogens is 240 g/mol. The maximum Gasteiger partial charge on any atom is 0.137 e. The SMILES string of the molecule is CC(=O)[C]1[CH][CH][CH][CH]1.CC[C]1[CH][CH][CH][CH]1.[Fe]. The van der Waals surface area contributed by atoms with Crippen LogP contribution >= 0.6 is 0 Å². The second-order valence-corrected chi connectivity index (χ2v) is 3.38. The van der Waals surface area contributed by atoms with E-state index in [1.54, 1.807) is 6.92 Å². The quantitative estimate of drug-likeness (QED) is 0.694. The molecule has 2 aliphatic rings. The molecule has 0 saturated heterocycles. The van der Waals surface area contributed by atoms with Crippen LogP contribution in [0.15, 0.2) is 0 Å². The first-order valence-electron chi connectivity index (χ1n) is 5.17. The molecule has 0 atom stereocenters. The molecule has 2 aliphatic carbocycles. The minimum Gasteiger partial charge on any atom is -0.299 e. The zero-order valence-electron chi connectivity index (χ0n) is 9.59. The van der Waals surface area contributed by atoms with Crippen LogP contribution in [-0.2, 0) is 21.9 Å². The number of hydrogen-bond donors (Lipinski definition) is 0. The summed E-state index contributed by atoms with van der Waals surface area (Å²) in [5.74, 6) is 2.36. The molecule has 0 aromatic heterocycles. The standard InChI is InChI=1S/C7H7O.C7H9.Fe/c1-6(8)7-4-2-3-5-7;1-2-7-5-3-4-6-7;/h2-5H,1H3;3-6H,2H2,1H3;. The van der Waals surface area contributed by atoms with Gasteiger partial charge < -0.3 is 0 Å². The molecule has 0 aromatic rings. The summed E-state index contributed by atoms with van der Waals surface area (Å²) in [6.07, 6.45) is 16.9. The van der Waals surface area contributed by atoms with Crippen molar-refractivity contribution in [1.82, 2.24) is 0 Å². The zero-order valence-corrected chi connectivity index (χ0v) is 10.7. The third-order valence-electron chi connectivity index (χ3n) is 2.21. The van der Waals surface area contributed by atoms with E-state index in [0.29, 0.717) is 0 Å². The van der Waals surface area contributed by atoms with E-state index in [4.69, 9.17) is 0 Å². The van der Waals surface area contributed by atoms with E-state index in [1.807, 2.05) is 25.7 Å². The van der Waals surface area contributed by atoms with E-state index >= 15 is 0 Å². The normalized spacial score (nSPS) is 21.1. The summed E-state index contributed by atoms with van der Waals surface area (Å²) in [5, 5.41) is 0. The van der Waals surface area contributed by atoms with Gasteiger partial charge in [-0.15, -0.1) is 0 Å². The first-order valence-corrected chi connectivity index (χ1v) is 5.17. The van der Waals surface area contributed by atoms with Crippen LogP contribution in [0.4, 0.5) is 0 Å². The number of ketones is 1. The monoisotopic (exact) mass is 256 g/mol. The van der Waals surface area contributed by atoms with Crippen molar-refractivity contribution in [3.05, 3.63) is 63.2 Å². The minimum absolute atomic E-state index is 0. The molecule has 0 aromatic carbocycles. The molecular formula is C14H16FeO. The number of rotatable bonds is 2. The van der Waals surface area contributed by atoms with Gasteiger partial charge in [0.2, 0.25) is 0 Å².